The summed E-state index contributed by atoms with van der Waals surface area (Å²) in [5, 5.41) is 0. The van der Waals surface area contributed by atoms with Gasteiger partial charge in [0.2, 0.25) is 0 Å². The number of hydrogen-bond acceptors (Lipinski definition) is 6. The molecule has 0 atom stereocenters. The van der Waals surface area contributed by atoms with Crippen LogP contribution in [-0.2, 0) is 4.79 Å². The SMILES string of the molecule is COc1ccccc1N1C(=O)C(=Cc2ccc3nccnc3c2)SC1=S. The number of amides is 1. The van der Waals surface area contributed by atoms with Gasteiger partial charge >= 0.3 is 0 Å². The van der Waals surface area contributed by atoms with Gasteiger partial charge in [-0.3, -0.25) is 19.7 Å². The van der Waals surface area contributed by atoms with Crippen molar-refractivity contribution in [3.63, 3.8) is 0 Å². The molecule has 0 aliphatic carbocycles. The minimum absolute atomic E-state index is 0.163. The van der Waals surface area contributed by atoms with Crippen LogP contribution in [-0.4, -0.2) is 27.3 Å². The van der Waals surface area contributed by atoms with E-state index in [-0.39, 0.29) is 5.91 Å². The van der Waals surface area contributed by atoms with Gasteiger partial charge in [-0.25, -0.2) is 0 Å². The number of ether oxygens (including phenoxy) is 1. The monoisotopic (exact) mass is 379 g/mol. The second-order valence-corrected chi connectivity index (χ2v) is 7.17. The van der Waals surface area contributed by atoms with Crippen LogP contribution in [0.2, 0.25) is 0 Å². The molecule has 1 aliphatic rings. The minimum atomic E-state index is -0.163. The Morgan fingerprint density at radius 3 is 2.69 bits per heavy atom. The quantitative estimate of drug-likeness (QED) is 0.506. The number of aromatic nitrogens is 2. The van der Waals surface area contributed by atoms with Crippen molar-refractivity contribution in [1.29, 1.82) is 0 Å². The van der Waals surface area contributed by atoms with E-state index in [2.05, 4.69) is 9.97 Å². The van der Waals surface area contributed by atoms with Crippen LogP contribution in [0.3, 0.4) is 0 Å². The summed E-state index contributed by atoms with van der Waals surface area (Å²) in [4.78, 5) is 23.5. The van der Waals surface area contributed by atoms with Crippen molar-refractivity contribution < 1.29 is 9.53 Å². The largest absolute Gasteiger partial charge is 0.495 e. The van der Waals surface area contributed by atoms with Crippen LogP contribution in [0.15, 0.2) is 59.8 Å². The smallest absolute Gasteiger partial charge is 0.270 e. The molecule has 2 heterocycles. The summed E-state index contributed by atoms with van der Waals surface area (Å²) in [5.74, 6) is 0.440. The maximum Gasteiger partial charge on any atom is 0.270 e. The lowest BCUT2D eigenvalue weighted by atomic mass is 10.1. The van der Waals surface area contributed by atoms with Gasteiger partial charge in [-0.15, -0.1) is 0 Å². The Bertz CT molecular complexity index is 1070. The predicted octanol–water partition coefficient (Wildman–Crippen LogP) is 4.04. The van der Waals surface area contributed by atoms with E-state index in [1.54, 1.807) is 25.6 Å². The Balaban J connectivity index is 1.71. The van der Waals surface area contributed by atoms with E-state index in [0.717, 1.165) is 16.6 Å². The van der Waals surface area contributed by atoms with E-state index in [0.29, 0.717) is 20.7 Å². The highest BCUT2D eigenvalue weighted by Crippen LogP contribution is 2.39. The lowest BCUT2D eigenvalue weighted by Crippen LogP contribution is -2.27. The molecule has 2 aromatic carbocycles. The third-order valence-electron chi connectivity index (χ3n) is 3.91. The van der Waals surface area contributed by atoms with Crippen molar-refractivity contribution in [2.75, 3.05) is 12.0 Å². The van der Waals surface area contributed by atoms with Crippen LogP contribution in [0.5, 0.6) is 5.75 Å². The summed E-state index contributed by atoms with van der Waals surface area (Å²) in [7, 11) is 1.57. The first-order valence-corrected chi connectivity index (χ1v) is 9.01. The van der Waals surface area contributed by atoms with Crippen molar-refractivity contribution in [3.05, 3.63) is 65.3 Å². The number of rotatable bonds is 3. The topological polar surface area (TPSA) is 55.3 Å². The Morgan fingerprint density at radius 1 is 1.12 bits per heavy atom. The fourth-order valence-electron chi connectivity index (χ4n) is 2.71. The summed E-state index contributed by atoms with van der Waals surface area (Å²) in [6.07, 6.45) is 5.12. The minimum Gasteiger partial charge on any atom is -0.495 e. The van der Waals surface area contributed by atoms with Crippen molar-refractivity contribution in [2.24, 2.45) is 0 Å². The molecule has 0 N–H and O–H groups in total. The van der Waals surface area contributed by atoms with Gasteiger partial charge in [-0.2, -0.15) is 0 Å². The number of thiocarbonyl (C=S) groups is 1. The molecule has 1 amide bonds. The second kappa shape index (κ2) is 6.86. The van der Waals surface area contributed by atoms with Crippen LogP contribution < -0.4 is 9.64 Å². The van der Waals surface area contributed by atoms with E-state index in [1.165, 1.54) is 16.7 Å². The lowest BCUT2D eigenvalue weighted by Gasteiger charge is -2.17. The summed E-state index contributed by atoms with van der Waals surface area (Å²) < 4.78 is 5.84. The van der Waals surface area contributed by atoms with Gasteiger partial charge in [0.15, 0.2) is 4.32 Å². The number of anilines is 1. The van der Waals surface area contributed by atoms with E-state index >= 15 is 0 Å². The molecular weight excluding hydrogens is 366 g/mol. The average Bonchev–Trinajstić information content (AvgIpc) is 2.94. The third-order valence-corrected chi connectivity index (χ3v) is 5.21. The van der Waals surface area contributed by atoms with Crippen molar-refractivity contribution in [1.82, 2.24) is 9.97 Å². The fourth-order valence-corrected chi connectivity index (χ4v) is 4.00. The fraction of sp³-hybridized carbons (Fsp3) is 0.0526. The van der Waals surface area contributed by atoms with Crippen molar-refractivity contribution in [2.45, 2.75) is 0 Å². The molecule has 1 saturated heterocycles. The Hall–Kier alpha value is -2.77. The van der Waals surface area contributed by atoms with E-state index < -0.39 is 0 Å². The highest BCUT2D eigenvalue weighted by molar-refractivity contribution is 8.27. The summed E-state index contributed by atoms with van der Waals surface area (Å²) in [6.45, 7) is 0. The molecule has 0 unspecified atom stereocenters. The molecule has 0 radical (unpaired) electrons. The first-order chi connectivity index (χ1) is 12.7. The molecular formula is C19H13N3O2S2. The van der Waals surface area contributed by atoms with Crippen LogP contribution in [0.25, 0.3) is 17.1 Å². The molecule has 4 rings (SSSR count). The number of methoxy groups -OCH3 is 1. The normalized spacial score (nSPS) is 15.9. The van der Waals surface area contributed by atoms with Gasteiger partial charge in [-0.05, 0) is 35.9 Å². The number of nitrogens with zero attached hydrogens (tertiary/aromatic N) is 3. The zero-order valence-corrected chi connectivity index (χ0v) is 15.4. The van der Waals surface area contributed by atoms with Gasteiger partial charge in [-0.1, -0.05) is 42.2 Å². The number of carbonyl (C=O) groups is 1. The van der Waals surface area contributed by atoms with E-state index in [4.69, 9.17) is 17.0 Å². The Kier molecular flexibility index (Phi) is 4.40. The number of hydrogen-bond donors (Lipinski definition) is 0. The third kappa shape index (κ3) is 2.95. The molecule has 26 heavy (non-hydrogen) atoms. The first-order valence-electron chi connectivity index (χ1n) is 7.79. The van der Waals surface area contributed by atoms with Crippen LogP contribution in [0.4, 0.5) is 5.69 Å². The molecule has 0 bridgehead atoms. The molecule has 0 spiro atoms. The predicted molar refractivity (Wildman–Crippen MR) is 108 cm³/mol. The molecule has 7 heteroatoms. The molecule has 1 fully saturated rings. The van der Waals surface area contributed by atoms with E-state index in [1.807, 2.05) is 42.5 Å². The highest BCUT2D eigenvalue weighted by Gasteiger charge is 2.34. The maximum absolute atomic E-state index is 12.9. The van der Waals surface area contributed by atoms with Crippen LogP contribution >= 0.6 is 24.0 Å². The van der Waals surface area contributed by atoms with Crippen LogP contribution in [0.1, 0.15) is 5.56 Å². The molecule has 1 aliphatic heterocycles. The first kappa shape index (κ1) is 16.7. The van der Waals surface area contributed by atoms with Gasteiger partial charge < -0.3 is 4.74 Å². The molecule has 5 nitrogen and oxygen atoms in total. The highest BCUT2D eigenvalue weighted by atomic mass is 32.2. The van der Waals surface area contributed by atoms with E-state index in [9.17, 15) is 4.79 Å². The Morgan fingerprint density at radius 2 is 1.88 bits per heavy atom. The average molecular weight is 379 g/mol. The molecule has 3 aromatic rings. The second-order valence-electron chi connectivity index (χ2n) is 5.49. The van der Waals surface area contributed by atoms with Gasteiger partial charge in [0.1, 0.15) is 5.75 Å². The molecule has 128 valence electrons. The number of carbonyl (C=O) groups excluding carboxylic acids is 1. The van der Waals surface area contributed by atoms with Crippen LogP contribution in [0, 0.1) is 0 Å². The maximum atomic E-state index is 12.9. The molecule has 0 saturated carbocycles. The zero-order chi connectivity index (χ0) is 18.1. The number of thioether (sulfide) groups is 1. The lowest BCUT2D eigenvalue weighted by molar-refractivity contribution is -0.113. The number of para-hydroxylation sites is 2. The number of benzene rings is 2. The number of fused-ring (bicyclic) bond motifs is 1. The summed E-state index contributed by atoms with van der Waals surface area (Å²) >= 11 is 6.70. The summed E-state index contributed by atoms with van der Waals surface area (Å²) in [6, 6.07) is 13.0. The van der Waals surface area contributed by atoms with Gasteiger partial charge in [0.05, 0.1) is 28.7 Å². The van der Waals surface area contributed by atoms with Gasteiger partial charge in [0, 0.05) is 12.4 Å². The zero-order valence-electron chi connectivity index (χ0n) is 13.7. The Labute approximate surface area is 159 Å². The van der Waals surface area contributed by atoms with Crippen molar-refractivity contribution in [3.8, 4) is 5.75 Å². The standard InChI is InChI=1S/C19H13N3O2S2/c1-24-16-5-3-2-4-15(16)22-18(23)17(26-19(22)25)11-12-6-7-13-14(10-12)21-9-8-20-13/h2-11H,1H3. The molecule has 1 aromatic heterocycles. The van der Waals surface area contributed by atoms with Crippen molar-refractivity contribution >= 4 is 57.0 Å². The summed E-state index contributed by atoms with van der Waals surface area (Å²) in [5.41, 5.74) is 3.11. The van der Waals surface area contributed by atoms with Gasteiger partial charge in [0.25, 0.3) is 5.91 Å².